The summed E-state index contributed by atoms with van der Waals surface area (Å²) in [6.07, 6.45) is 1.59. The Kier molecular flexibility index (Phi) is 7.23. The Hall–Kier alpha value is -3.41. The van der Waals surface area contributed by atoms with Crippen LogP contribution in [0.3, 0.4) is 0 Å². The number of Topliss-reactive ketones (excluding diaryl/α,β-unsaturated/α-hetero) is 1. The SMILES string of the molecule is N#Cc1ccc(C(=O)/C(=C\c2ccc([N+](=O)[O-])c(O)c2)SCc2ccc(Br)cc2)cc1. The third-order valence-electron chi connectivity index (χ3n) is 4.30. The van der Waals surface area contributed by atoms with Gasteiger partial charge < -0.3 is 5.11 Å². The van der Waals surface area contributed by atoms with Crippen molar-refractivity contribution in [3.8, 4) is 11.8 Å². The fourth-order valence-electron chi connectivity index (χ4n) is 2.69. The van der Waals surface area contributed by atoms with E-state index in [2.05, 4.69) is 15.9 Å². The number of nitriles is 1. The number of carbonyl (C=O) groups excluding carboxylic acids is 1. The molecule has 0 saturated heterocycles. The van der Waals surface area contributed by atoms with Gasteiger partial charge in [-0.25, -0.2) is 0 Å². The molecule has 0 aliphatic carbocycles. The van der Waals surface area contributed by atoms with Crippen LogP contribution in [0.5, 0.6) is 5.75 Å². The number of hydrogen-bond acceptors (Lipinski definition) is 6. The van der Waals surface area contributed by atoms with Crippen LogP contribution in [0.2, 0.25) is 0 Å². The third-order valence-corrected chi connectivity index (χ3v) is 5.92. The van der Waals surface area contributed by atoms with Crippen LogP contribution < -0.4 is 0 Å². The molecule has 0 radical (unpaired) electrons. The predicted octanol–water partition coefficient (Wildman–Crippen LogP) is 6.09. The number of aromatic hydroxyl groups is 1. The van der Waals surface area contributed by atoms with E-state index >= 15 is 0 Å². The van der Waals surface area contributed by atoms with Gasteiger partial charge in [-0.05, 0) is 65.7 Å². The van der Waals surface area contributed by atoms with Gasteiger partial charge >= 0.3 is 5.69 Å². The van der Waals surface area contributed by atoms with Crippen molar-refractivity contribution in [3.63, 3.8) is 0 Å². The number of rotatable bonds is 7. The summed E-state index contributed by atoms with van der Waals surface area (Å²) in [4.78, 5) is 23.8. The second-order valence-electron chi connectivity index (χ2n) is 6.45. The first kappa shape index (κ1) is 22.3. The minimum atomic E-state index is -0.673. The van der Waals surface area contributed by atoms with Gasteiger partial charge in [-0.3, -0.25) is 14.9 Å². The molecule has 0 saturated carbocycles. The Bertz CT molecular complexity index is 1200. The lowest BCUT2D eigenvalue weighted by Gasteiger charge is -2.08. The van der Waals surface area contributed by atoms with Gasteiger partial charge in [-0.15, -0.1) is 11.8 Å². The third kappa shape index (κ3) is 5.81. The topological polar surface area (TPSA) is 104 Å². The molecular weight excluding hydrogens is 480 g/mol. The number of nitro benzene ring substituents is 1. The smallest absolute Gasteiger partial charge is 0.310 e. The Morgan fingerprint density at radius 1 is 1.13 bits per heavy atom. The van der Waals surface area contributed by atoms with Crippen molar-refractivity contribution >= 4 is 45.2 Å². The summed E-state index contributed by atoms with van der Waals surface area (Å²) in [6, 6.07) is 20.0. The van der Waals surface area contributed by atoms with Gasteiger partial charge in [0.25, 0.3) is 0 Å². The van der Waals surface area contributed by atoms with Crippen molar-refractivity contribution < 1.29 is 14.8 Å². The summed E-state index contributed by atoms with van der Waals surface area (Å²) < 4.78 is 0.951. The van der Waals surface area contributed by atoms with Crippen LogP contribution in [0.1, 0.15) is 27.0 Å². The standard InChI is InChI=1S/C23H15BrN2O4S/c24-19-8-3-16(4-9-19)14-31-22(23(28)18-6-1-15(13-25)2-7-18)12-17-5-10-20(26(29)30)21(27)11-17/h1-12,27H,14H2/b22-12+. The Labute approximate surface area is 191 Å². The number of nitro groups is 1. The second kappa shape index (κ2) is 10.1. The highest BCUT2D eigenvalue weighted by Gasteiger charge is 2.16. The van der Waals surface area contributed by atoms with Crippen LogP contribution in [-0.4, -0.2) is 15.8 Å². The van der Waals surface area contributed by atoms with E-state index in [1.807, 2.05) is 30.3 Å². The predicted molar refractivity (Wildman–Crippen MR) is 124 cm³/mol. The molecule has 3 rings (SSSR count). The summed E-state index contributed by atoms with van der Waals surface area (Å²) in [7, 11) is 0. The molecule has 6 nitrogen and oxygen atoms in total. The minimum Gasteiger partial charge on any atom is -0.502 e. The molecule has 8 heteroatoms. The second-order valence-corrected chi connectivity index (χ2v) is 8.38. The Morgan fingerprint density at radius 2 is 1.81 bits per heavy atom. The molecule has 0 aromatic heterocycles. The van der Waals surface area contributed by atoms with Crippen molar-refractivity contribution in [3.05, 3.63) is 108 Å². The molecule has 3 aromatic rings. The van der Waals surface area contributed by atoms with Crippen molar-refractivity contribution in [2.45, 2.75) is 5.75 Å². The highest BCUT2D eigenvalue weighted by molar-refractivity contribution is 9.10. The zero-order chi connectivity index (χ0) is 22.4. The van der Waals surface area contributed by atoms with Crippen molar-refractivity contribution in [2.24, 2.45) is 0 Å². The van der Waals surface area contributed by atoms with E-state index in [0.29, 0.717) is 27.3 Å². The number of thioether (sulfide) groups is 1. The number of allylic oxidation sites excluding steroid dienone is 1. The van der Waals surface area contributed by atoms with Crippen LogP contribution in [-0.2, 0) is 5.75 Å². The van der Waals surface area contributed by atoms with E-state index in [-0.39, 0.29) is 5.78 Å². The molecule has 0 fully saturated rings. The molecule has 0 aliphatic rings. The summed E-state index contributed by atoms with van der Waals surface area (Å²) in [5, 5.41) is 29.8. The average Bonchev–Trinajstić information content (AvgIpc) is 2.77. The van der Waals surface area contributed by atoms with Crippen molar-refractivity contribution in [1.82, 2.24) is 0 Å². The molecule has 154 valence electrons. The number of nitrogens with zero attached hydrogens (tertiary/aromatic N) is 2. The lowest BCUT2D eigenvalue weighted by Crippen LogP contribution is -2.02. The van der Waals surface area contributed by atoms with E-state index in [1.165, 1.54) is 30.0 Å². The zero-order valence-electron chi connectivity index (χ0n) is 16.0. The van der Waals surface area contributed by atoms with Gasteiger partial charge in [0.2, 0.25) is 0 Å². The molecule has 0 aliphatic heterocycles. The summed E-state index contributed by atoms with van der Waals surface area (Å²) in [5.41, 5.74) is 1.94. The van der Waals surface area contributed by atoms with Gasteiger partial charge in [-0.1, -0.05) is 28.1 Å². The van der Waals surface area contributed by atoms with Gasteiger partial charge in [-0.2, -0.15) is 5.26 Å². The largest absolute Gasteiger partial charge is 0.502 e. The number of phenols is 1. The lowest BCUT2D eigenvalue weighted by atomic mass is 10.1. The highest BCUT2D eigenvalue weighted by Crippen LogP contribution is 2.31. The molecule has 31 heavy (non-hydrogen) atoms. The fourth-order valence-corrected chi connectivity index (χ4v) is 3.94. The van der Waals surface area contributed by atoms with E-state index < -0.39 is 16.4 Å². The summed E-state index contributed by atoms with van der Waals surface area (Å²) in [6.45, 7) is 0. The molecule has 0 heterocycles. The van der Waals surface area contributed by atoms with Crippen LogP contribution in [0.4, 0.5) is 5.69 Å². The lowest BCUT2D eigenvalue weighted by molar-refractivity contribution is -0.385. The van der Waals surface area contributed by atoms with Gasteiger partial charge in [0.15, 0.2) is 11.5 Å². The molecule has 1 N–H and O–H groups in total. The van der Waals surface area contributed by atoms with Crippen LogP contribution in [0.25, 0.3) is 6.08 Å². The molecule has 0 unspecified atom stereocenters. The molecule has 3 aromatic carbocycles. The normalized spacial score (nSPS) is 11.0. The summed E-state index contributed by atoms with van der Waals surface area (Å²) in [5.74, 6) is -0.189. The Morgan fingerprint density at radius 3 is 2.39 bits per heavy atom. The molecule has 0 spiro atoms. The van der Waals surface area contributed by atoms with Gasteiger partial charge in [0.1, 0.15) is 0 Å². The van der Waals surface area contributed by atoms with E-state index in [4.69, 9.17) is 5.26 Å². The Balaban J connectivity index is 1.94. The van der Waals surface area contributed by atoms with E-state index in [9.17, 15) is 20.0 Å². The number of benzene rings is 3. The minimum absolute atomic E-state index is 0.246. The van der Waals surface area contributed by atoms with E-state index in [0.717, 1.165) is 10.0 Å². The monoisotopic (exact) mass is 494 g/mol. The first-order valence-electron chi connectivity index (χ1n) is 8.98. The first-order valence-corrected chi connectivity index (χ1v) is 10.8. The highest BCUT2D eigenvalue weighted by atomic mass is 79.9. The van der Waals surface area contributed by atoms with Crippen molar-refractivity contribution in [2.75, 3.05) is 0 Å². The number of carbonyl (C=O) groups is 1. The number of hydrogen-bond donors (Lipinski definition) is 1. The van der Waals surface area contributed by atoms with Crippen LogP contribution in [0, 0.1) is 21.4 Å². The number of phenolic OH excluding ortho intramolecular Hbond substituents is 1. The van der Waals surface area contributed by atoms with Crippen LogP contribution >= 0.6 is 27.7 Å². The molecule has 0 atom stereocenters. The number of halogens is 1. The number of ketones is 1. The molecule has 0 amide bonds. The van der Waals surface area contributed by atoms with Crippen molar-refractivity contribution in [1.29, 1.82) is 5.26 Å². The van der Waals surface area contributed by atoms with Crippen LogP contribution in [0.15, 0.2) is 76.1 Å². The average molecular weight is 495 g/mol. The molecular formula is C23H15BrN2O4S. The maximum absolute atomic E-state index is 13.1. The maximum Gasteiger partial charge on any atom is 0.310 e. The first-order chi connectivity index (χ1) is 14.9. The zero-order valence-corrected chi connectivity index (χ0v) is 18.4. The maximum atomic E-state index is 13.1. The quantitative estimate of drug-likeness (QED) is 0.184. The van der Waals surface area contributed by atoms with E-state index in [1.54, 1.807) is 30.3 Å². The molecule has 0 bridgehead atoms. The van der Waals surface area contributed by atoms with Gasteiger partial charge in [0, 0.05) is 21.9 Å². The summed E-state index contributed by atoms with van der Waals surface area (Å²) >= 11 is 4.71. The van der Waals surface area contributed by atoms with Gasteiger partial charge in [0.05, 0.1) is 21.5 Å². The fraction of sp³-hybridized carbons (Fsp3) is 0.0435.